The molecule has 0 aliphatic heterocycles. The minimum atomic E-state index is -1.60. The second kappa shape index (κ2) is 9.17. The number of halogens is 1. The Labute approximate surface area is 180 Å². The lowest BCUT2D eigenvalue weighted by molar-refractivity contribution is -0.137. The van der Waals surface area contributed by atoms with Gasteiger partial charge in [-0.15, -0.1) is 4.72 Å². The number of rotatable bonds is 6. The average molecular weight is 431 g/mol. The number of carboxylic acids is 1. The van der Waals surface area contributed by atoms with Crippen molar-refractivity contribution in [3.8, 4) is 17.2 Å². The Hall–Kier alpha value is -2.40. The molecule has 0 radical (unpaired) electrons. The summed E-state index contributed by atoms with van der Waals surface area (Å²) in [4.78, 5) is 11.5. The van der Waals surface area contributed by atoms with Crippen LogP contribution in [0.5, 0.6) is 0 Å². The van der Waals surface area contributed by atoms with E-state index in [4.69, 9.17) is 0 Å². The quantitative estimate of drug-likeness (QED) is 0.638. The van der Waals surface area contributed by atoms with Gasteiger partial charge < -0.3 is 9.66 Å². The van der Waals surface area contributed by atoms with E-state index in [1.807, 2.05) is 19.9 Å². The zero-order valence-corrected chi connectivity index (χ0v) is 18.9. The first-order chi connectivity index (χ1) is 13.9. The molecule has 0 saturated carbocycles. The molecule has 2 atom stereocenters. The van der Waals surface area contributed by atoms with E-state index in [2.05, 4.69) is 10.8 Å². The molecule has 2 aromatic carbocycles. The predicted molar refractivity (Wildman–Crippen MR) is 117 cm³/mol. The first kappa shape index (κ1) is 23.9. The van der Waals surface area contributed by atoms with Gasteiger partial charge in [0.1, 0.15) is 10.6 Å². The lowest BCUT2D eigenvalue weighted by Crippen LogP contribution is -2.42. The standard InChI is InChI=1S/C23H27FN2O3S/c1-13-7-8-16(12-25)21(15(13)3)17-9-14(2)22(24)18(10-17)19(11-20(27)28)26-30(29)23(4,5)6/h7-10,19,26H,11H2,1-6H3,(H,27,28). The third-order valence-electron chi connectivity index (χ3n) is 4.99. The monoisotopic (exact) mass is 430 g/mol. The van der Waals surface area contributed by atoms with Crippen molar-refractivity contribution in [1.82, 2.24) is 4.72 Å². The van der Waals surface area contributed by atoms with Crippen LogP contribution in [-0.4, -0.2) is 20.4 Å². The molecule has 0 heterocycles. The molecule has 0 saturated heterocycles. The summed E-state index contributed by atoms with van der Waals surface area (Å²) in [5.41, 5.74) is 4.10. The molecule has 2 unspecified atom stereocenters. The maximum Gasteiger partial charge on any atom is 0.305 e. The highest BCUT2D eigenvalue weighted by Crippen LogP contribution is 2.35. The topological polar surface area (TPSA) is 96.2 Å². The number of carbonyl (C=O) groups is 1. The molecule has 0 aliphatic rings. The Morgan fingerprint density at radius 3 is 2.43 bits per heavy atom. The molecule has 30 heavy (non-hydrogen) atoms. The molecule has 7 heteroatoms. The highest BCUT2D eigenvalue weighted by Gasteiger charge is 2.32. The lowest BCUT2D eigenvalue weighted by Gasteiger charge is -2.28. The maximum absolute atomic E-state index is 15.1. The van der Waals surface area contributed by atoms with E-state index in [0.717, 1.165) is 11.1 Å². The van der Waals surface area contributed by atoms with Crippen LogP contribution in [-0.2, 0) is 16.2 Å². The first-order valence-electron chi connectivity index (χ1n) is 9.57. The summed E-state index contributed by atoms with van der Waals surface area (Å²) in [6.45, 7) is 10.7. The molecule has 2 aromatic rings. The fourth-order valence-corrected chi connectivity index (χ4v) is 3.99. The molecule has 0 aliphatic carbocycles. The van der Waals surface area contributed by atoms with Crippen LogP contribution in [0.25, 0.3) is 11.1 Å². The number of carboxylic acid groups (broad SMARTS) is 1. The number of aliphatic carboxylic acids is 1. The molecular weight excluding hydrogens is 403 g/mol. The average Bonchev–Trinajstić information content (AvgIpc) is 2.64. The number of nitrogens with one attached hydrogen (secondary N) is 1. The number of hydrogen-bond acceptors (Lipinski definition) is 4. The van der Waals surface area contributed by atoms with E-state index in [9.17, 15) is 19.7 Å². The van der Waals surface area contributed by atoms with E-state index in [-0.39, 0.29) is 5.56 Å². The minimum absolute atomic E-state index is 0.120. The molecule has 0 fully saturated rings. The van der Waals surface area contributed by atoms with Crippen molar-refractivity contribution < 1.29 is 18.8 Å². The molecule has 5 nitrogen and oxygen atoms in total. The van der Waals surface area contributed by atoms with Gasteiger partial charge in [0.25, 0.3) is 0 Å². The van der Waals surface area contributed by atoms with Gasteiger partial charge in [0.05, 0.1) is 24.1 Å². The third-order valence-corrected chi connectivity index (χ3v) is 6.60. The summed E-state index contributed by atoms with van der Waals surface area (Å²) >= 11 is -1.60. The molecule has 0 amide bonds. The van der Waals surface area contributed by atoms with Gasteiger partial charge in [0, 0.05) is 22.5 Å². The summed E-state index contributed by atoms with van der Waals surface area (Å²) in [6.07, 6.45) is -0.431. The molecule has 2 N–H and O–H groups in total. The SMILES string of the molecule is Cc1ccc(C#N)c(-c2cc(C)c(F)c(C(CC(=O)O)N[S+]([O-])C(C)(C)C)c2)c1C. The van der Waals surface area contributed by atoms with Gasteiger partial charge in [-0.1, -0.05) is 6.07 Å². The van der Waals surface area contributed by atoms with Gasteiger partial charge in [0.15, 0.2) is 0 Å². The fourth-order valence-electron chi connectivity index (χ4n) is 3.17. The van der Waals surface area contributed by atoms with Crippen LogP contribution in [0, 0.1) is 37.9 Å². The van der Waals surface area contributed by atoms with Gasteiger partial charge in [-0.05, 0) is 82.0 Å². The van der Waals surface area contributed by atoms with E-state index in [1.165, 1.54) is 0 Å². The summed E-state index contributed by atoms with van der Waals surface area (Å²) < 4.78 is 29.9. The first-order valence-corrected chi connectivity index (χ1v) is 10.7. The van der Waals surface area contributed by atoms with E-state index < -0.39 is 40.4 Å². The Morgan fingerprint density at radius 1 is 1.27 bits per heavy atom. The highest BCUT2D eigenvalue weighted by atomic mass is 32.2. The molecule has 0 bridgehead atoms. The fraction of sp³-hybridized carbons (Fsp3) is 0.391. The summed E-state index contributed by atoms with van der Waals surface area (Å²) in [5, 5.41) is 18.9. The minimum Gasteiger partial charge on any atom is -0.598 e. The van der Waals surface area contributed by atoms with Crippen LogP contribution in [0.1, 0.15) is 61.1 Å². The van der Waals surface area contributed by atoms with Gasteiger partial charge >= 0.3 is 5.97 Å². The van der Waals surface area contributed by atoms with Crippen LogP contribution in [0.3, 0.4) is 0 Å². The maximum atomic E-state index is 15.1. The zero-order chi connectivity index (χ0) is 22.8. The van der Waals surface area contributed by atoms with Crippen LogP contribution < -0.4 is 4.72 Å². The van der Waals surface area contributed by atoms with Crippen molar-refractivity contribution in [2.24, 2.45) is 0 Å². The van der Waals surface area contributed by atoms with Crippen molar-refractivity contribution in [1.29, 1.82) is 5.26 Å². The number of nitriles is 1. The molecule has 0 spiro atoms. The Bertz CT molecular complexity index is 1010. The smallest absolute Gasteiger partial charge is 0.305 e. The van der Waals surface area contributed by atoms with Crippen molar-refractivity contribution >= 4 is 17.3 Å². The molecule has 0 aromatic heterocycles. The summed E-state index contributed by atoms with van der Waals surface area (Å²) in [5.74, 6) is -1.68. The second-order valence-corrected chi connectivity index (χ2v) is 10.4. The van der Waals surface area contributed by atoms with Crippen LogP contribution in [0.15, 0.2) is 24.3 Å². The van der Waals surface area contributed by atoms with Crippen molar-refractivity contribution in [3.63, 3.8) is 0 Å². The summed E-state index contributed by atoms with van der Waals surface area (Å²) in [6, 6.07) is 7.98. The van der Waals surface area contributed by atoms with Crippen molar-refractivity contribution in [2.75, 3.05) is 0 Å². The van der Waals surface area contributed by atoms with Gasteiger partial charge in [-0.25, -0.2) is 4.39 Å². The Morgan fingerprint density at radius 2 is 1.90 bits per heavy atom. The third kappa shape index (κ3) is 5.20. The lowest BCUT2D eigenvalue weighted by atomic mass is 9.89. The number of benzene rings is 2. The van der Waals surface area contributed by atoms with E-state index >= 15 is 4.39 Å². The number of hydrogen-bond donors (Lipinski definition) is 2. The molecule has 160 valence electrons. The van der Waals surface area contributed by atoms with Crippen LogP contribution in [0.4, 0.5) is 4.39 Å². The highest BCUT2D eigenvalue weighted by molar-refractivity contribution is 7.90. The van der Waals surface area contributed by atoms with E-state index in [0.29, 0.717) is 22.3 Å². The second-order valence-electron chi connectivity index (χ2n) is 8.39. The molecular formula is C23H27FN2O3S. The van der Waals surface area contributed by atoms with Crippen LogP contribution >= 0.6 is 0 Å². The summed E-state index contributed by atoms with van der Waals surface area (Å²) in [7, 11) is 0. The predicted octanol–water partition coefficient (Wildman–Crippen LogP) is 4.86. The Kier molecular flexibility index (Phi) is 7.30. The zero-order valence-electron chi connectivity index (χ0n) is 18.1. The Balaban J connectivity index is 2.69. The van der Waals surface area contributed by atoms with Crippen molar-refractivity contribution in [2.45, 2.75) is 58.8 Å². The normalized spacial score (nSPS) is 13.6. The van der Waals surface area contributed by atoms with Crippen LogP contribution in [0.2, 0.25) is 0 Å². The molecule has 2 rings (SSSR count). The van der Waals surface area contributed by atoms with Gasteiger partial charge in [-0.3, -0.25) is 4.79 Å². The number of nitrogens with zero attached hydrogens (tertiary/aromatic N) is 1. The largest absolute Gasteiger partial charge is 0.598 e. The van der Waals surface area contributed by atoms with E-state index in [1.54, 1.807) is 45.9 Å². The van der Waals surface area contributed by atoms with Gasteiger partial charge in [-0.2, -0.15) is 5.26 Å². The number of aryl methyl sites for hydroxylation is 2. The van der Waals surface area contributed by atoms with Gasteiger partial charge in [0.2, 0.25) is 0 Å². The van der Waals surface area contributed by atoms with Crippen molar-refractivity contribution in [3.05, 3.63) is 57.9 Å².